The molecule has 0 aliphatic rings. The lowest BCUT2D eigenvalue weighted by molar-refractivity contribution is -0.137. The third-order valence-electron chi connectivity index (χ3n) is 5.59. The molecule has 10 nitrogen and oxygen atoms in total. The van der Waals surface area contributed by atoms with Gasteiger partial charge in [0.1, 0.15) is 17.4 Å². The maximum absolute atomic E-state index is 13.8. The fraction of sp³-hybridized carbons (Fsp3) is 0.357. The van der Waals surface area contributed by atoms with Gasteiger partial charge in [-0.2, -0.15) is 0 Å². The number of primary amides is 1. The Balaban J connectivity index is 2.57. The molecule has 39 heavy (non-hydrogen) atoms. The van der Waals surface area contributed by atoms with Crippen molar-refractivity contribution in [2.24, 2.45) is 5.73 Å². The van der Waals surface area contributed by atoms with Crippen LogP contribution in [0, 0.1) is 26.3 Å². The van der Waals surface area contributed by atoms with E-state index in [-0.39, 0.29) is 29.2 Å². The molecular formula is C28H33ClN4O6. The first-order valence-corrected chi connectivity index (χ1v) is 12.5. The number of terminal acetylenes is 1. The number of nitrogens with zero attached hydrogens (tertiary/aromatic N) is 1. The van der Waals surface area contributed by atoms with E-state index < -0.39 is 41.5 Å². The second-order valence-corrected chi connectivity index (χ2v) is 10.3. The summed E-state index contributed by atoms with van der Waals surface area (Å²) < 4.78 is 5.25. The first kappa shape index (κ1) is 31.0. The SMILES string of the molecule is C#CN(C(=O)C(CCC(N)=O)NC(=O)OC(C)(C)C)C(C(=O)Nc1c(C)cccc1Cl)c1cccc(C)c1O. The number of phenolic OH excluding ortho intramolecular Hbond substituents is 1. The van der Waals surface area contributed by atoms with E-state index in [4.69, 9.17) is 28.5 Å². The summed E-state index contributed by atoms with van der Waals surface area (Å²) in [5.74, 6) is -2.65. The molecule has 0 aromatic heterocycles. The third-order valence-corrected chi connectivity index (χ3v) is 5.90. The van der Waals surface area contributed by atoms with E-state index in [1.54, 1.807) is 65.0 Å². The van der Waals surface area contributed by atoms with Gasteiger partial charge in [0.25, 0.3) is 11.8 Å². The fourth-order valence-electron chi connectivity index (χ4n) is 3.71. The van der Waals surface area contributed by atoms with Crippen LogP contribution in [-0.2, 0) is 19.1 Å². The second-order valence-electron chi connectivity index (χ2n) is 9.88. The second kappa shape index (κ2) is 13.0. The van der Waals surface area contributed by atoms with Gasteiger partial charge < -0.3 is 26.2 Å². The summed E-state index contributed by atoms with van der Waals surface area (Å²) in [6, 6.07) is 8.95. The molecule has 0 saturated carbocycles. The van der Waals surface area contributed by atoms with Gasteiger partial charge in [0.15, 0.2) is 6.04 Å². The lowest BCUT2D eigenvalue weighted by Crippen LogP contribution is -2.51. The number of para-hydroxylation sites is 2. The summed E-state index contributed by atoms with van der Waals surface area (Å²) in [4.78, 5) is 52.2. The first-order valence-electron chi connectivity index (χ1n) is 12.1. The monoisotopic (exact) mass is 556 g/mol. The molecule has 11 heteroatoms. The molecule has 0 aliphatic carbocycles. The van der Waals surface area contributed by atoms with Crippen LogP contribution in [0.3, 0.4) is 0 Å². The quantitative estimate of drug-likeness (QED) is 0.271. The number of anilines is 1. The summed E-state index contributed by atoms with van der Waals surface area (Å²) in [6.07, 6.45) is 4.33. The molecular weight excluding hydrogens is 524 g/mol. The summed E-state index contributed by atoms with van der Waals surface area (Å²) in [6.45, 7) is 8.26. The molecule has 2 aromatic carbocycles. The smallest absolute Gasteiger partial charge is 0.408 e. The fourth-order valence-corrected chi connectivity index (χ4v) is 3.98. The van der Waals surface area contributed by atoms with E-state index in [0.29, 0.717) is 16.8 Å². The highest BCUT2D eigenvalue weighted by atomic mass is 35.5. The van der Waals surface area contributed by atoms with Crippen molar-refractivity contribution in [2.45, 2.75) is 65.1 Å². The van der Waals surface area contributed by atoms with Crippen LogP contribution < -0.4 is 16.4 Å². The zero-order valence-electron chi connectivity index (χ0n) is 22.5. The number of benzene rings is 2. The number of phenols is 1. The van der Waals surface area contributed by atoms with Crippen LogP contribution in [0.15, 0.2) is 36.4 Å². The number of carbonyl (C=O) groups excluding carboxylic acids is 4. The molecule has 0 fully saturated rings. The molecule has 4 amide bonds. The van der Waals surface area contributed by atoms with Gasteiger partial charge in [0.05, 0.1) is 10.7 Å². The predicted molar refractivity (Wildman–Crippen MR) is 148 cm³/mol. The molecule has 5 N–H and O–H groups in total. The van der Waals surface area contributed by atoms with E-state index in [1.165, 1.54) is 6.07 Å². The summed E-state index contributed by atoms with van der Waals surface area (Å²) in [5.41, 5.74) is 5.80. The van der Waals surface area contributed by atoms with E-state index in [1.807, 2.05) is 0 Å². The van der Waals surface area contributed by atoms with Crippen molar-refractivity contribution >= 4 is 41.1 Å². The molecule has 0 radical (unpaired) electrons. The highest BCUT2D eigenvalue weighted by molar-refractivity contribution is 6.34. The highest BCUT2D eigenvalue weighted by Gasteiger charge is 2.37. The number of aromatic hydroxyl groups is 1. The topological polar surface area (TPSA) is 151 Å². The zero-order valence-corrected chi connectivity index (χ0v) is 23.3. The average molecular weight is 557 g/mol. The summed E-state index contributed by atoms with van der Waals surface area (Å²) in [5, 5.41) is 16.2. The Morgan fingerprint density at radius 3 is 2.31 bits per heavy atom. The van der Waals surface area contributed by atoms with Crippen LogP contribution in [0.1, 0.15) is 56.3 Å². The normalized spacial score (nSPS) is 12.4. The van der Waals surface area contributed by atoms with Crippen LogP contribution in [0.2, 0.25) is 5.02 Å². The van der Waals surface area contributed by atoms with Gasteiger partial charge in [0, 0.05) is 18.0 Å². The molecule has 2 unspecified atom stereocenters. The predicted octanol–water partition coefficient (Wildman–Crippen LogP) is 3.92. The van der Waals surface area contributed by atoms with Gasteiger partial charge in [-0.1, -0.05) is 48.4 Å². The lowest BCUT2D eigenvalue weighted by atomic mass is 9.99. The van der Waals surface area contributed by atoms with Crippen LogP contribution in [0.25, 0.3) is 0 Å². The number of hydrogen-bond acceptors (Lipinski definition) is 6. The number of rotatable bonds is 9. The van der Waals surface area contributed by atoms with E-state index in [9.17, 15) is 24.3 Å². The minimum atomic E-state index is -1.55. The molecule has 2 atom stereocenters. The van der Waals surface area contributed by atoms with Crippen molar-refractivity contribution in [3.8, 4) is 18.2 Å². The summed E-state index contributed by atoms with van der Waals surface area (Å²) in [7, 11) is 0. The van der Waals surface area contributed by atoms with Crippen molar-refractivity contribution < 1.29 is 29.0 Å². The Hall–Kier alpha value is -4.23. The van der Waals surface area contributed by atoms with Gasteiger partial charge in [-0.15, -0.1) is 0 Å². The van der Waals surface area contributed by atoms with Gasteiger partial charge in [-0.25, -0.2) is 4.79 Å². The standard InChI is InChI=1S/C28H33ClN4O6/c1-7-33(26(37)20(14-15-21(30)34)31-27(38)39-28(4,5)6)23(18-12-8-11-17(3)24(18)35)25(36)32-22-16(2)10-9-13-19(22)29/h1,8-13,20,23,35H,14-15H2,2-6H3,(H2,30,34)(H,31,38)(H,32,36). The van der Waals surface area contributed by atoms with Crippen molar-refractivity contribution in [2.75, 3.05) is 5.32 Å². The Labute approximate surface area is 232 Å². The maximum atomic E-state index is 13.8. The van der Waals surface area contributed by atoms with Crippen LogP contribution in [0.4, 0.5) is 10.5 Å². The van der Waals surface area contributed by atoms with E-state index in [0.717, 1.165) is 4.90 Å². The van der Waals surface area contributed by atoms with Crippen molar-refractivity contribution in [1.29, 1.82) is 0 Å². The number of hydrogen-bond donors (Lipinski definition) is 4. The Morgan fingerprint density at radius 1 is 1.13 bits per heavy atom. The minimum absolute atomic E-state index is 0.0365. The zero-order chi connectivity index (χ0) is 29.5. The number of amides is 4. The number of aryl methyl sites for hydroxylation is 2. The van der Waals surface area contributed by atoms with E-state index >= 15 is 0 Å². The molecule has 2 aromatic rings. The number of halogens is 1. The van der Waals surface area contributed by atoms with Gasteiger partial charge in [0.2, 0.25) is 5.91 Å². The number of nitrogens with two attached hydrogens (primary N) is 1. The maximum Gasteiger partial charge on any atom is 0.408 e. The molecule has 0 saturated heterocycles. The van der Waals surface area contributed by atoms with Crippen molar-refractivity contribution in [3.05, 3.63) is 58.1 Å². The largest absolute Gasteiger partial charge is 0.507 e. The first-order chi connectivity index (χ1) is 18.2. The Kier molecular flexibility index (Phi) is 10.3. The molecule has 0 aliphatic heterocycles. The number of ether oxygens (including phenoxy) is 1. The van der Waals surface area contributed by atoms with Crippen molar-refractivity contribution in [3.63, 3.8) is 0 Å². The lowest BCUT2D eigenvalue weighted by Gasteiger charge is -2.31. The number of nitrogens with one attached hydrogen (secondary N) is 2. The van der Waals surface area contributed by atoms with Crippen LogP contribution in [0.5, 0.6) is 5.75 Å². The molecule has 208 valence electrons. The summed E-state index contributed by atoms with van der Waals surface area (Å²) >= 11 is 6.30. The van der Waals surface area contributed by atoms with E-state index in [2.05, 4.69) is 16.7 Å². The number of alkyl carbamates (subject to hydrolysis) is 1. The van der Waals surface area contributed by atoms with Gasteiger partial charge >= 0.3 is 6.09 Å². The molecule has 0 bridgehead atoms. The third kappa shape index (κ3) is 8.38. The van der Waals surface area contributed by atoms with Crippen LogP contribution >= 0.6 is 11.6 Å². The molecule has 0 heterocycles. The minimum Gasteiger partial charge on any atom is -0.507 e. The van der Waals surface area contributed by atoms with Crippen LogP contribution in [-0.4, -0.2) is 45.5 Å². The van der Waals surface area contributed by atoms with Gasteiger partial charge in [-0.05, 0) is 58.2 Å². The molecule has 2 rings (SSSR count). The molecule has 0 spiro atoms. The van der Waals surface area contributed by atoms with Crippen molar-refractivity contribution in [1.82, 2.24) is 10.2 Å². The average Bonchev–Trinajstić information content (AvgIpc) is 2.83. The Bertz CT molecular complexity index is 1280. The highest BCUT2D eigenvalue weighted by Crippen LogP contribution is 2.34. The Morgan fingerprint density at radius 2 is 1.74 bits per heavy atom. The number of carbonyl (C=O) groups is 4. The van der Waals surface area contributed by atoms with Gasteiger partial charge in [-0.3, -0.25) is 19.3 Å².